The van der Waals surface area contributed by atoms with E-state index in [0.29, 0.717) is 12.5 Å². The van der Waals surface area contributed by atoms with Gasteiger partial charge in [-0.15, -0.1) is 0 Å². The summed E-state index contributed by atoms with van der Waals surface area (Å²) in [4.78, 5) is 0. The van der Waals surface area contributed by atoms with Crippen molar-refractivity contribution in [1.82, 2.24) is 9.78 Å². The fraction of sp³-hybridized carbons (Fsp3) is 0.357. The van der Waals surface area contributed by atoms with Crippen LogP contribution in [0.1, 0.15) is 29.2 Å². The van der Waals surface area contributed by atoms with Gasteiger partial charge in [0.2, 0.25) is 0 Å². The lowest BCUT2D eigenvalue weighted by atomic mass is 10.1. The molecular weight excluding hydrogens is 210 g/mol. The van der Waals surface area contributed by atoms with Gasteiger partial charge >= 0.3 is 0 Å². The zero-order chi connectivity index (χ0) is 11.8. The Morgan fingerprint density at radius 3 is 3.12 bits per heavy atom. The highest BCUT2D eigenvalue weighted by molar-refractivity contribution is 5.40. The van der Waals surface area contributed by atoms with Crippen LogP contribution in [0.25, 0.3) is 5.69 Å². The monoisotopic (exact) mass is 227 g/mol. The first-order valence-electron chi connectivity index (χ1n) is 6.13. The molecule has 1 heterocycles. The lowest BCUT2D eigenvalue weighted by Crippen LogP contribution is -2.14. The van der Waals surface area contributed by atoms with Crippen molar-refractivity contribution in [2.45, 2.75) is 25.7 Å². The molecule has 3 heteroatoms. The lowest BCUT2D eigenvalue weighted by molar-refractivity contribution is 0.637. The molecule has 0 aliphatic heterocycles. The molecule has 0 saturated heterocycles. The quantitative estimate of drug-likeness (QED) is 0.854. The third-order valence-corrected chi connectivity index (χ3v) is 3.57. The molecule has 0 fully saturated rings. The molecule has 2 aromatic rings. The Hall–Kier alpha value is -1.61. The van der Waals surface area contributed by atoms with Crippen LogP contribution in [0, 0.1) is 6.92 Å². The highest BCUT2D eigenvalue weighted by atomic mass is 15.3. The number of nitrogens with two attached hydrogens (primary N) is 1. The number of fused-ring (bicyclic) bond motifs is 1. The zero-order valence-corrected chi connectivity index (χ0v) is 10.1. The molecule has 0 bridgehead atoms. The van der Waals surface area contributed by atoms with Crippen LogP contribution < -0.4 is 5.73 Å². The van der Waals surface area contributed by atoms with Gasteiger partial charge in [-0.1, -0.05) is 12.1 Å². The van der Waals surface area contributed by atoms with E-state index >= 15 is 0 Å². The molecule has 0 spiro atoms. The van der Waals surface area contributed by atoms with E-state index in [4.69, 9.17) is 5.73 Å². The van der Waals surface area contributed by atoms with Crippen molar-refractivity contribution < 1.29 is 0 Å². The van der Waals surface area contributed by atoms with Crippen LogP contribution in [0.3, 0.4) is 0 Å². The second-order valence-electron chi connectivity index (χ2n) is 4.78. The zero-order valence-electron chi connectivity index (χ0n) is 10.1. The molecule has 3 rings (SSSR count). The normalized spacial score (nSPS) is 18.4. The minimum absolute atomic E-state index is 0.466. The first-order valence-corrected chi connectivity index (χ1v) is 6.13. The van der Waals surface area contributed by atoms with Gasteiger partial charge in [0, 0.05) is 12.5 Å². The summed E-state index contributed by atoms with van der Waals surface area (Å²) in [6, 6.07) is 8.45. The molecule has 0 saturated carbocycles. The summed E-state index contributed by atoms with van der Waals surface area (Å²) in [6.07, 6.45) is 4.27. The number of hydrogen-bond acceptors (Lipinski definition) is 2. The molecule has 3 nitrogen and oxygen atoms in total. The van der Waals surface area contributed by atoms with E-state index in [0.717, 1.165) is 18.5 Å². The summed E-state index contributed by atoms with van der Waals surface area (Å²) >= 11 is 0. The minimum Gasteiger partial charge on any atom is -0.330 e. The molecule has 17 heavy (non-hydrogen) atoms. The first-order chi connectivity index (χ1) is 8.29. The number of aromatic nitrogens is 2. The molecule has 1 aliphatic rings. The van der Waals surface area contributed by atoms with Crippen LogP contribution >= 0.6 is 0 Å². The Bertz CT molecular complexity index is 542. The van der Waals surface area contributed by atoms with E-state index in [1.54, 1.807) is 0 Å². The molecule has 1 aromatic carbocycles. The summed E-state index contributed by atoms with van der Waals surface area (Å²) in [5.41, 5.74) is 10.9. The van der Waals surface area contributed by atoms with Gasteiger partial charge in [-0.05, 0) is 43.0 Å². The van der Waals surface area contributed by atoms with E-state index in [1.165, 1.54) is 16.8 Å². The Balaban J connectivity index is 2.11. The van der Waals surface area contributed by atoms with Crippen LogP contribution in [-0.4, -0.2) is 16.3 Å². The number of nitrogens with zero attached hydrogens (tertiary/aromatic N) is 2. The predicted molar refractivity (Wildman–Crippen MR) is 68.4 cm³/mol. The molecule has 2 N–H and O–H groups in total. The molecule has 88 valence electrons. The van der Waals surface area contributed by atoms with Gasteiger partial charge < -0.3 is 5.73 Å². The molecule has 1 atom stereocenters. The largest absolute Gasteiger partial charge is 0.330 e. The Morgan fingerprint density at radius 2 is 2.35 bits per heavy atom. The highest BCUT2D eigenvalue weighted by Crippen LogP contribution is 2.33. The lowest BCUT2D eigenvalue weighted by Gasteiger charge is -2.12. The van der Waals surface area contributed by atoms with Gasteiger partial charge in [-0.3, -0.25) is 0 Å². The molecule has 0 radical (unpaired) electrons. The topological polar surface area (TPSA) is 43.8 Å². The van der Waals surface area contributed by atoms with Gasteiger partial charge in [0.1, 0.15) is 0 Å². The fourth-order valence-corrected chi connectivity index (χ4v) is 2.68. The first kappa shape index (κ1) is 10.5. The summed E-state index contributed by atoms with van der Waals surface area (Å²) in [6.45, 7) is 2.82. The summed E-state index contributed by atoms with van der Waals surface area (Å²) < 4.78 is 2.06. The average molecular weight is 227 g/mol. The van der Waals surface area contributed by atoms with Crippen molar-refractivity contribution in [2.24, 2.45) is 5.73 Å². The van der Waals surface area contributed by atoms with E-state index in [-0.39, 0.29) is 0 Å². The molecule has 1 unspecified atom stereocenters. The van der Waals surface area contributed by atoms with Crippen molar-refractivity contribution in [3.63, 3.8) is 0 Å². The smallest absolute Gasteiger partial charge is 0.0651 e. The Labute approximate surface area is 101 Å². The third kappa shape index (κ3) is 1.67. The molecular formula is C14H17N3. The van der Waals surface area contributed by atoms with Crippen molar-refractivity contribution in [1.29, 1.82) is 0 Å². The van der Waals surface area contributed by atoms with E-state index < -0.39 is 0 Å². The van der Waals surface area contributed by atoms with Crippen molar-refractivity contribution in [2.75, 3.05) is 6.54 Å². The average Bonchev–Trinajstić information content (AvgIpc) is 2.89. The van der Waals surface area contributed by atoms with Gasteiger partial charge in [0.25, 0.3) is 0 Å². The van der Waals surface area contributed by atoms with E-state index in [9.17, 15) is 0 Å². The number of hydrogen-bond donors (Lipinski definition) is 1. The van der Waals surface area contributed by atoms with Gasteiger partial charge in [-0.2, -0.15) is 5.10 Å². The van der Waals surface area contributed by atoms with E-state index in [1.807, 2.05) is 6.20 Å². The number of rotatable bonds is 2. The SMILES string of the molecule is Cc1cccc(-n2ncc3c2C(CN)CC3)c1. The van der Waals surface area contributed by atoms with Gasteiger partial charge in [0.15, 0.2) is 0 Å². The maximum absolute atomic E-state index is 5.84. The number of aryl methyl sites for hydroxylation is 2. The third-order valence-electron chi connectivity index (χ3n) is 3.57. The van der Waals surface area contributed by atoms with E-state index in [2.05, 4.69) is 41.0 Å². The fourth-order valence-electron chi connectivity index (χ4n) is 2.68. The highest BCUT2D eigenvalue weighted by Gasteiger charge is 2.26. The molecule has 0 amide bonds. The molecule has 1 aliphatic carbocycles. The van der Waals surface area contributed by atoms with Crippen LogP contribution in [0.5, 0.6) is 0 Å². The molecule has 1 aromatic heterocycles. The van der Waals surface area contributed by atoms with Crippen LogP contribution in [0.2, 0.25) is 0 Å². The van der Waals surface area contributed by atoms with Gasteiger partial charge in [-0.25, -0.2) is 4.68 Å². The second kappa shape index (κ2) is 4.00. The summed E-state index contributed by atoms with van der Waals surface area (Å²) in [5.74, 6) is 0.466. The Morgan fingerprint density at radius 1 is 1.47 bits per heavy atom. The van der Waals surface area contributed by atoms with Crippen LogP contribution in [0.15, 0.2) is 30.5 Å². The minimum atomic E-state index is 0.466. The van der Waals surface area contributed by atoms with Gasteiger partial charge in [0.05, 0.1) is 17.6 Å². The predicted octanol–water partition coefficient (Wildman–Crippen LogP) is 2.17. The Kier molecular flexibility index (Phi) is 2.48. The maximum atomic E-state index is 5.84. The number of benzene rings is 1. The second-order valence-corrected chi connectivity index (χ2v) is 4.78. The standard InChI is InChI=1S/C14H17N3/c1-10-3-2-4-13(7-10)17-14-11(8-15)5-6-12(14)9-16-17/h2-4,7,9,11H,5-6,8,15H2,1H3. The van der Waals surface area contributed by atoms with Crippen molar-refractivity contribution in [3.8, 4) is 5.69 Å². The summed E-state index contributed by atoms with van der Waals surface area (Å²) in [7, 11) is 0. The van der Waals surface area contributed by atoms with Crippen molar-refractivity contribution in [3.05, 3.63) is 47.3 Å². The van der Waals surface area contributed by atoms with Crippen molar-refractivity contribution >= 4 is 0 Å². The van der Waals surface area contributed by atoms with Crippen LogP contribution in [0.4, 0.5) is 0 Å². The maximum Gasteiger partial charge on any atom is 0.0651 e. The van der Waals surface area contributed by atoms with Crippen LogP contribution in [-0.2, 0) is 6.42 Å². The summed E-state index contributed by atoms with van der Waals surface area (Å²) in [5, 5.41) is 4.51.